The Kier molecular flexibility index (Phi) is 3.76. The van der Waals surface area contributed by atoms with Gasteiger partial charge in [-0.15, -0.1) is 0 Å². The van der Waals surface area contributed by atoms with Crippen LogP contribution in [0.4, 0.5) is 4.39 Å². The van der Waals surface area contributed by atoms with Gasteiger partial charge in [0.25, 0.3) is 0 Å². The third-order valence-electron chi connectivity index (χ3n) is 0.542. The van der Waals surface area contributed by atoms with Crippen molar-refractivity contribution in [3.8, 4) is 0 Å². The molecule has 0 radical (unpaired) electrons. The molecule has 2 heteroatoms. The van der Waals surface area contributed by atoms with Gasteiger partial charge in [-0.2, -0.15) is 0 Å². The summed E-state index contributed by atoms with van der Waals surface area (Å²) in [5.74, 6) is -0.414. The Morgan fingerprint density at radius 3 is 2.75 bits per heavy atom. The molecule has 44 valence electrons. The topological polar surface area (TPSA) is 12.4 Å². The minimum atomic E-state index is -0.414. The standard InChI is InChI=1S/C6H8FN/c1-3-6(7)5-8-4-2/h3-5H,1H2,2H3/b6-5+,8-4?. The van der Waals surface area contributed by atoms with Gasteiger partial charge in [0.15, 0.2) is 0 Å². The maximum atomic E-state index is 11.9. The molecule has 0 aromatic carbocycles. The van der Waals surface area contributed by atoms with E-state index in [9.17, 15) is 4.39 Å². The van der Waals surface area contributed by atoms with E-state index in [0.717, 1.165) is 12.3 Å². The largest absolute Gasteiger partial charge is 0.266 e. The van der Waals surface area contributed by atoms with Gasteiger partial charge in [0.05, 0.1) is 6.20 Å². The van der Waals surface area contributed by atoms with Crippen LogP contribution in [0, 0.1) is 0 Å². The van der Waals surface area contributed by atoms with E-state index < -0.39 is 5.83 Å². The van der Waals surface area contributed by atoms with Gasteiger partial charge in [-0.05, 0) is 13.0 Å². The first-order valence-electron chi connectivity index (χ1n) is 2.27. The Balaban J connectivity index is 3.74. The molecule has 0 heterocycles. The van der Waals surface area contributed by atoms with Crippen molar-refractivity contribution in [3.63, 3.8) is 0 Å². The molecule has 0 atom stereocenters. The van der Waals surface area contributed by atoms with Crippen LogP contribution >= 0.6 is 0 Å². The monoisotopic (exact) mass is 113 g/mol. The van der Waals surface area contributed by atoms with Gasteiger partial charge in [-0.25, -0.2) is 4.39 Å². The van der Waals surface area contributed by atoms with Crippen LogP contribution in [0.25, 0.3) is 0 Å². The highest BCUT2D eigenvalue weighted by Gasteiger charge is 1.77. The second kappa shape index (κ2) is 4.24. The number of allylic oxidation sites excluding steroid dienone is 2. The van der Waals surface area contributed by atoms with Crippen LogP contribution in [-0.2, 0) is 0 Å². The zero-order valence-corrected chi connectivity index (χ0v) is 4.76. The Morgan fingerprint density at radius 2 is 2.38 bits per heavy atom. The summed E-state index contributed by atoms with van der Waals surface area (Å²) in [5, 5.41) is 0. The molecule has 0 saturated heterocycles. The van der Waals surface area contributed by atoms with E-state index in [0.29, 0.717) is 0 Å². The first kappa shape index (κ1) is 7.08. The molecular weight excluding hydrogens is 105 g/mol. The van der Waals surface area contributed by atoms with Crippen molar-refractivity contribution < 1.29 is 4.39 Å². The highest BCUT2D eigenvalue weighted by atomic mass is 19.1. The zero-order chi connectivity index (χ0) is 6.41. The molecule has 0 aromatic heterocycles. The predicted octanol–water partition coefficient (Wildman–Crippen LogP) is 2.07. The molecule has 0 spiro atoms. The van der Waals surface area contributed by atoms with Crippen LogP contribution in [-0.4, -0.2) is 6.21 Å². The summed E-state index contributed by atoms with van der Waals surface area (Å²) in [6, 6.07) is 0. The maximum absolute atomic E-state index is 11.9. The average molecular weight is 113 g/mol. The van der Waals surface area contributed by atoms with Crippen molar-refractivity contribution in [1.82, 2.24) is 0 Å². The highest BCUT2D eigenvalue weighted by Crippen LogP contribution is 1.94. The van der Waals surface area contributed by atoms with Crippen molar-refractivity contribution in [1.29, 1.82) is 0 Å². The Hall–Kier alpha value is -0.920. The second-order valence-corrected chi connectivity index (χ2v) is 1.13. The lowest BCUT2D eigenvalue weighted by atomic mass is 10.5. The molecule has 0 aromatic rings. The van der Waals surface area contributed by atoms with E-state index in [1.807, 2.05) is 0 Å². The maximum Gasteiger partial charge on any atom is 0.140 e. The Labute approximate surface area is 48.2 Å². The fourth-order valence-electron chi connectivity index (χ4n) is 0.198. The van der Waals surface area contributed by atoms with Gasteiger partial charge in [-0.3, -0.25) is 4.99 Å². The first-order valence-corrected chi connectivity index (χ1v) is 2.27. The fourth-order valence-corrected chi connectivity index (χ4v) is 0.198. The molecule has 0 amide bonds. The minimum absolute atomic E-state index is 0.414. The van der Waals surface area contributed by atoms with E-state index in [1.165, 1.54) is 6.21 Å². The Bertz CT molecular complexity index is 124. The third-order valence-corrected chi connectivity index (χ3v) is 0.542. The summed E-state index contributed by atoms with van der Waals surface area (Å²) >= 11 is 0. The van der Waals surface area contributed by atoms with E-state index in [-0.39, 0.29) is 0 Å². The van der Waals surface area contributed by atoms with Crippen LogP contribution in [0.5, 0.6) is 0 Å². The lowest BCUT2D eigenvalue weighted by Gasteiger charge is -1.76. The van der Waals surface area contributed by atoms with Crippen molar-refractivity contribution >= 4 is 6.21 Å². The Morgan fingerprint density at radius 1 is 1.75 bits per heavy atom. The van der Waals surface area contributed by atoms with Crippen molar-refractivity contribution in [3.05, 3.63) is 24.7 Å². The number of hydrogen-bond donors (Lipinski definition) is 0. The minimum Gasteiger partial charge on any atom is -0.266 e. The average Bonchev–Trinajstić information content (AvgIpc) is 1.83. The molecule has 0 aliphatic heterocycles. The molecule has 0 aliphatic rings. The van der Waals surface area contributed by atoms with E-state index in [2.05, 4.69) is 11.6 Å². The van der Waals surface area contributed by atoms with Gasteiger partial charge in [0.1, 0.15) is 5.83 Å². The van der Waals surface area contributed by atoms with Crippen LogP contribution in [0.3, 0.4) is 0 Å². The number of hydrogen-bond acceptors (Lipinski definition) is 1. The van der Waals surface area contributed by atoms with Gasteiger partial charge in [0, 0.05) is 6.21 Å². The summed E-state index contributed by atoms with van der Waals surface area (Å²) in [5.41, 5.74) is 0. The molecule has 0 saturated carbocycles. The molecule has 0 unspecified atom stereocenters. The first-order chi connectivity index (χ1) is 3.81. The molecule has 0 rings (SSSR count). The van der Waals surface area contributed by atoms with Gasteiger partial charge >= 0.3 is 0 Å². The summed E-state index contributed by atoms with van der Waals surface area (Å²) < 4.78 is 11.9. The number of nitrogens with zero attached hydrogens (tertiary/aromatic N) is 1. The van der Waals surface area contributed by atoms with Gasteiger partial charge in [0.2, 0.25) is 0 Å². The normalized spacial score (nSPS) is 12.5. The van der Waals surface area contributed by atoms with Crippen molar-refractivity contribution in [2.24, 2.45) is 4.99 Å². The molecular formula is C6H8FN. The van der Waals surface area contributed by atoms with Crippen molar-refractivity contribution in [2.45, 2.75) is 6.92 Å². The third kappa shape index (κ3) is 3.28. The quantitative estimate of drug-likeness (QED) is 0.384. The number of halogens is 1. The molecule has 0 aliphatic carbocycles. The number of rotatable bonds is 2. The summed E-state index contributed by atoms with van der Waals surface area (Å²) in [6.45, 7) is 4.91. The SMILES string of the molecule is C=C/C(F)=C\N=CC. The molecule has 0 fully saturated rings. The fraction of sp³-hybridized carbons (Fsp3) is 0.167. The van der Waals surface area contributed by atoms with E-state index in [4.69, 9.17) is 0 Å². The molecule has 0 N–H and O–H groups in total. The highest BCUT2D eigenvalue weighted by molar-refractivity contribution is 5.54. The zero-order valence-electron chi connectivity index (χ0n) is 4.76. The van der Waals surface area contributed by atoms with Crippen LogP contribution in [0.1, 0.15) is 6.92 Å². The lowest BCUT2D eigenvalue weighted by molar-refractivity contribution is 0.664. The molecule has 1 nitrogen and oxygen atoms in total. The van der Waals surface area contributed by atoms with Crippen molar-refractivity contribution in [2.75, 3.05) is 0 Å². The van der Waals surface area contributed by atoms with Crippen LogP contribution in [0.15, 0.2) is 29.7 Å². The van der Waals surface area contributed by atoms with Crippen LogP contribution in [0.2, 0.25) is 0 Å². The molecule has 8 heavy (non-hydrogen) atoms. The predicted molar refractivity (Wildman–Crippen MR) is 33.6 cm³/mol. The summed E-state index contributed by atoms with van der Waals surface area (Å²) in [7, 11) is 0. The van der Waals surface area contributed by atoms with E-state index in [1.54, 1.807) is 6.92 Å². The van der Waals surface area contributed by atoms with Crippen LogP contribution < -0.4 is 0 Å². The number of aliphatic imine (C=N–C) groups is 1. The van der Waals surface area contributed by atoms with Gasteiger partial charge < -0.3 is 0 Å². The van der Waals surface area contributed by atoms with E-state index >= 15 is 0 Å². The second-order valence-electron chi connectivity index (χ2n) is 1.13. The smallest absolute Gasteiger partial charge is 0.140 e. The van der Waals surface area contributed by atoms with Gasteiger partial charge in [-0.1, -0.05) is 6.58 Å². The lowest BCUT2D eigenvalue weighted by Crippen LogP contribution is -1.60. The summed E-state index contributed by atoms with van der Waals surface area (Å²) in [6.07, 6.45) is 3.71. The summed E-state index contributed by atoms with van der Waals surface area (Å²) in [4.78, 5) is 3.51. The molecule has 0 bridgehead atoms.